The second kappa shape index (κ2) is 10.7. The smallest absolute Gasteiger partial charge is 0.331 e. The van der Waals surface area contributed by atoms with Crippen LogP contribution in [0.4, 0.5) is 0 Å². The number of unbranched alkanes of at least 4 members (excludes halogenated alkanes) is 1. The highest BCUT2D eigenvalue weighted by Crippen LogP contribution is 2.32. The largest absolute Gasteiger partial charge is 0.341 e. The highest BCUT2D eigenvalue weighted by molar-refractivity contribution is 6.46. The quantitative estimate of drug-likeness (QED) is 0.116. The van der Waals surface area contributed by atoms with E-state index >= 15 is 0 Å². The van der Waals surface area contributed by atoms with Crippen molar-refractivity contribution >= 4 is 45.1 Å². The van der Waals surface area contributed by atoms with Crippen LogP contribution in [0.5, 0.6) is 0 Å². The summed E-state index contributed by atoms with van der Waals surface area (Å²) in [5, 5.41) is 5.65. The first kappa shape index (κ1) is 25.0. The molecule has 0 fully saturated rings. The van der Waals surface area contributed by atoms with Gasteiger partial charge in [-0.05, 0) is 68.7 Å². The van der Waals surface area contributed by atoms with Crippen molar-refractivity contribution in [3.63, 3.8) is 0 Å². The molecule has 4 rings (SSSR count). The number of aromatic nitrogens is 1. The van der Waals surface area contributed by atoms with E-state index in [0.717, 1.165) is 46.8 Å². The third kappa shape index (κ3) is 4.85. The van der Waals surface area contributed by atoms with E-state index in [0.29, 0.717) is 23.1 Å². The lowest BCUT2D eigenvalue weighted by Gasteiger charge is -2.06. The van der Waals surface area contributed by atoms with Gasteiger partial charge in [0.15, 0.2) is 5.78 Å². The SMILES string of the molecule is CCCCC(=NOC(C)=O)C(=O)c1ccc2c(c1)c1cc(C(=O)c3ccccc3C)ccc1n2CC. The molecule has 0 unspecified atom stereocenters. The second-order valence-corrected chi connectivity index (χ2v) is 8.91. The maximum atomic E-state index is 13.3. The molecule has 0 radical (unpaired) electrons. The van der Waals surface area contributed by atoms with Crippen LogP contribution >= 0.6 is 0 Å². The van der Waals surface area contributed by atoms with Gasteiger partial charge in [0.2, 0.25) is 5.78 Å². The first-order chi connectivity index (χ1) is 17.3. The standard InChI is InChI=1S/C30H30N2O4/c1-5-7-12-26(31-36-20(4)33)30(35)22-14-16-28-25(18-22)24-17-21(13-15-27(24)32(28)6-2)29(34)23-11-9-8-10-19(23)3/h8-11,13-18H,5-7,12H2,1-4H3. The molecule has 0 saturated carbocycles. The van der Waals surface area contributed by atoms with E-state index in [1.54, 1.807) is 6.07 Å². The lowest BCUT2D eigenvalue weighted by atomic mass is 9.97. The molecule has 4 aromatic rings. The molecule has 0 aliphatic rings. The van der Waals surface area contributed by atoms with Crippen molar-refractivity contribution in [1.82, 2.24) is 4.57 Å². The fourth-order valence-corrected chi connectivity index (χ4v) is 4.54. The number of benzene rings is 3. The van der Waals surface area contributed by atoms with Crippen molar-refractivity contribution < 1.29 is 19.2 Å². The number of ketones is 2. The average Bonchev–Trinajstić information content (AvgIpc) is 3.20. The molecule has 0 amide bonds. The molecule has 0 spiro atoms. The molecule has 0 N–H and O–H groups in total. The zero-order valence-corrected chi connectivity index (χ0v) is 21.1. The lowest BCUT2D eigenvalue weighted by molar-refractivity contribution is -0.140. The fraction of sp³-hybridized carbons (Fsp3) is 0.267. The van der Waals surface area contributed by atoms with Gasteiger partial charge in [-0.2, -0.15) is 0 Å². The molecule has 0 aliphatic carbocycles. The number of carbonyl (C=O) groups excluding carboxylic acids is 3. The molecule has 0 aliphatic heterocycles. The van der Waals surface area contributed by atoms with Gasteiger partial charge in [0.05, 0.1) is 0 Å². The van der Waals surface area contributed by atoms with Gasteiger partial charge in [0.1, 0.15) is 5.71 Å². The number of Topliss-reactive ketones (excluding diaryl/α,β-unsaturated/α-hetero) is 1. The zero-order valence-electron chi connectivity index (χ0n) is 21.1. The molecule has 184 valence electrons. The van der Waals surface area contributed by atoms with Gasteiger partial charge in [0, 0.05) is 52.0 Å². The molecule has 1 aromatic heterocycles. The minimum absolute atomic E-state index is 0.0324. The second-order valence-electron chi connectivity index (χ2n) is 8.91. The molecule has 0 atom stereocenters. The number of nitrogens with zero attached hydrogens (tertiary/aromatic N) is 2. The summed E-state index contributed by atoms with van der Waals surface area (Å²) >= 11 is 0. The van der Waals surface area contributed by atoms with E-state index in [2.05, 4.69) is 16.6 Å². The number of hydrogen-bond acceptors (Lipinski definition) is 5. The van der Waals surface area contributed by atoms with Crippen LogP contribution in [0.3, 0.4) is 0 Å². The molecule has 36 heavy (non-hydrogen) atoms. The Morgan fingerprint density at radius 3 is 2.14 bits per heavy atom. The molecule has 0 bridgehead atoms. The molecule has 6 heteroatoms. The van der Waals surface area contributed by atoms with Crippen molar-refractivity contribution in [2.45, 2.75) is 53.5 Å². The monoisotopic (exact) mass is 482 g/mol. The highest BCUT2D eigenvalue weighted by Gasteiger charge is 2.19. The van der Waals surface area contributed by atoms with E-state index in [-0.39, 0.29) is 17.3 Å². The van der Waals surface area contributed by atoms with Gasteiger partial charge in [-0.15, -0.1) is 0 Å². The van der Waals surface area contributed by atoms with Crippen LogP contribution in [0.2, 0.25) is 0 Å². The molecule has 3 aromatic carbocycles. The first-order valence-electron chi connectivity index (χ1n) is 12.3. The van der Waals surface area contributed by atoms with E-state index in [1.165, 1.54) is 6.92 Å². The van der Waals surface area contributed by atoms with Crippen molar-refractivity contribution in [3.8, 4) is 0 Å². The summed E-state index contributed by atoms with van der Waals surface area (Å²) in [4.78, 5) is 42.7. The highest BCUT2D eigenvalue weighted by atomic mass is 16.7. The van der Waals surface area contributed by atoms with Crippen LogP contribution < -0.4 is 0 Å². The van der Waals surface area contributed by atoms with Gasteiger partial charge >= 0.3 is 5.97 Å². The number of rotatable bonds is 9. The van der Waals surface area contributed by atoms with Gasteiger partial charge in [-0.1, -0.05) is 42.8 Å². The summed E-state index contributed by atoms with van der Waals surface area (Å²) in [6.07, 6.45) is 2.06. The van der Waals surface area contributed by atoms with Crippen molar-refractivity contribution in [3.05, 3.63) is 82.9 Å². The molecular weight excluding hydrogens is 452 g/mol. The molecule has 0 saturated heterocycles. The Kier molecular flexibility index (Phi) is 7.44. The number of aryl methyl sites for hydroxylation is 2. The summed E-state index contributed by atoms with van der Waals surface area (Å²) in [7, 11) is 0. The first-order valence-corrected chi connectivity index (χ1v) is 12.3. The maximum Gasteiger partial charge on any atom is 0.331 e. The number of carbonyl (C=O) groups is 3. The normalized spacial score (nSPS) is 11.7. The Morgan fingerprint density at radius 2 is 1.53 bits per heavy atom. The van der Waals surface area contributed by atoms with Crippen LogP contribution in [-0.2, 0) is 16.2 Å². The van der Waals surface area contributed by atoms with Crippen molar-refractivity contribution in [1.29, 1.82) is 0 Å². The Morgan fingerprint density at radius 1 is 0.889 bits per heavy atom. The fourth-order valence-electron chi connectivity index (χ4n) is 4.54. The average molecular weight is 483 g/mol. The van der Waals surface area contributed by atoms with Gasteiger partial charge in [-0.3, -0.25) is 9.59 Å². The summed E-state index contributed by atoms with van der Waals surface area (Å²) in [6.45, 7) is 8.02. The Balaban J connectivity index is 1.83. The van der Waals surface area contributed by atoms with E-state index < -0.39 is 5.97 Å². The molecule has 1 heterocycles. The minimum Gasteiger partial charge on any atom is -0.341 e. The van der Waals surface area contributed by atoms with Crippen LogP contribution in [0, 0.1) is 6.92 Å². The van der Waals surface area contributed by atoms with Gasteiger partial charge in [0.25, 0.3) is 0 Å². The predicted octanol–water partition coefficient (Wildman–Crippen LogP) is 6.65. The van der Waals surface area contributed by atoms with Crippen LogP contribution in [0.1, 0.15) is 71.9 Å². The maximum absolute atomic E-state index is 13.3. The predicted molar refractivity (Wildman–Crippen MR) is 143 cm³/mol. The van der Waals surface area contributed by atoms with Crippen LogP contribution in [0.25, 0.3) is 21.8 Å². The molecular formula is C30H30N2O4. The lowest BCUT2D eigenvalue weighted by Crippen LogP contribution is -2.15. The third-order valence-corrected chi connectivity index (χ3v) is 6.41. The van der Waals surface area contributed by atoms with E-state index in [9.17, 15) is 14.4 Å². The number of fused-ring (bicyclic) bond motifs is 3. The van der Waals surface area contributed by atoms with E-state index in [4.69, 9.17) is 4.84 Å². The number of hydrogen-bond donors (Lipinski definition) is 0. The van der Waals surface area contributed by atoms with Crippen molar-refractivity contribution in [2.75, 3.05) is 0 Å². The number of oxime groups is 1. The van der Waals surface area contributed by atoms with Crippen molar-refractivity contribution in [2.24, 2.45) is 5.16 Å². The minimum atomic E-state index is -0.566. The summed E-state index contributed by atoms with van der Waals surface area (Å²) in [5.74, 6) is -0.866. The summed E-state index contributed by atoms with van der Waals surface area (Å²) in [6, 6.07) is 18.9. The zero-order chi connectivity index (χ0) is 25.8. The summed E-state index contributed by atoms with van der Waals surface area (Å²) in [5.41, 5.74) is 4.88. The van der Waals surface area contributed by atoms with Gasteiger partial charge in [-0.25, -0.2) is 4.79 Å². The van der Waals surface area contributed by atoms with Crippen LogP contribution in [-0.4, -0.2) is 27.8 Å². The topological polar surface area (TPSA) is 77.7 Å². The van der Waals surface area contributed by atoms with E-state index in [1.807, 2.05) is 68.4 Å². The summed E-state index contributed by atoms with van der Waals surface area (Å²) < 4.78 is 2.17. The Labute approximate surface area is 210 Å². The van der Waals surface area contributed by atoms with Crippen LogP contribution in [0.15, 0.2) is 65.8 Å². The van der Waals surface area contributed by atoms with Gasteiger partial charge < -0.3 is 9.40 Å². The molecule has 6 nitrogen and oxygen atoms in total. The Hall–Kier alpha value is -4.06. The Bertz CT molecular complexity index is 1510. The third-order valence-electron chi connectivity index (χ3n) is 6.41.